The first-order valence-electron chi connectivity index (χ1n) is 6.93. The zero-order chi connectivity index (χ0) is 15.5. The van der Waals surface area contributed by atoms with Crippen LogP contribution in [0.4, 0.5) is 0 Å². The highest BCUT2D eigenvalue weighted by Crippen LogP contribution is 2.27. The predicted molar refractivity (Wildman–Crippen MR) is 82.0 cm³/mol. The molecule has 0 bridgehead atoms. The first kappa shape index (κ1) is 14.7. The molecule has 0 radical (unpaired) electrons. The Morgan fingerprint density at radius 2 is 2.05 bits per heavy atom. The summed E-state index contributed by atoms with van der Waals surface area (Å²) in [6, 6.07) is 9.41. The Hall–Kier alpha value is -2.18. The van der Waals surface area contributed by atoms with E-state index in [1.165, 1.54) is 11.3 Å². The van der Waals surface area contributed by atoms with Gasteiger partial charge in [-0.2, -0.15) is 0 Å². The van der Waals surface area contributed by atoms with Crippen molar-refractivity contribution in [3.63, 3.8) is 0 Å². The fraction of sp³-hybridized carbons (Fsp3) is 0.250. The fourth-order valence-corrected chi connectivity index (χ4v) is 3.45. The average molecular weight is 317 g/mol. The number of hydrogen-bond donors (Lipinski definition) is 2. The number of benzene rings is 1. The van der Waals surface area contributed by atoms with Crippen LogP contribution in [0.5, 0.6) is 0 Å². The van der Waals surface area contributed by atoms with Crippen LogP contribution in [0.1, 0.15) is 31.7 Å². The van der Waals surface area contributed by atoms with E-state index in [2.05, 4.69) is 5.32 Å². The number of rotatable bonds is 4. The van der Waals surface area contributed by atoms with E-state index in [0.29, 0.717) is 23.7 Å². The summed E-state index contributed by atoms with van der Waals surface area (Å²) >= 11 is 1.41. The number of aliphatic carboxylic acids is 1. The van der Waals surface area contributed by atoms with Crippen molar-refractivity contribution >= 4 is 23.2 Å². The predicted octanol–water partition coefficient (Wildman–Crippen LogP) is 2.38. The zero-order valence-electron chi connectivity index (χ0n) is 11.7. The number of ether oxygens (including phenoxy) is 1. The fourth-order valence-electron chi connectivity index (χ4n) is 2.39. The normalized spacial score (nSPS) is 14.9. The highest BCUT2D eigenvalue weighted by molar-refractivity contribution is 7.14. The topological polar surface area (TPSA) is 75.6 Å². The highest BCUT2D eigenvalue weighted by atomic mass is 32.1. The van der Waals surface area contributed by atoms with E-state index in [1.54, 1.807) is 36.4 Å². The third kappa shape index (κ3) is 3.03. The Kier molecular flexibility index (Phi) is 4.22. The summed E-state index contributed by atoms with van der Waals surface area (Å²) in [6.45, 7) is 1.18. The van der Waals surface area contributed by atoms with E-state index in [4.69, 9.17) is 4.74 Å². The van der Waals surface area contributed by atoms with Gasteiger partial charge in [-0.05, 0) is 17.2 Å². The lowest BCUT2D eigenvalue weighted by atomic mass is 10.1. The lowest BCUT2D eigenvalue weighted by Gasteiger charge is -2.14. The molecule has 2 N–H and O–H groups in total. The van der Waals surface area contributed by atoms with Crippen LogP contribution in [0.15, 0.2) is 36.4 Å². The second kappa shape index (κ2) is 6.29. The van der Waals surface area contributed by atoms with Gasteiger partial charge in [-0.1, -0.05) is 30.3 Å². The molecule has 1 unspecified atom stereocenters. The highest BCUT2D eigenvalue weighted by Gasteiger charge is 2.24. The number of carbonyl (C=O) groups is 2. The Morgan fingerprint density at radius 1 is 1.27 bits per heavy atom. The van der Waals surface area contributed by atoms with Gasteiger partial charge in [-0.3, -0.25) is 4.79 Å². The lowest BCUT2D eigenvalue weighted by molar-refractivity contribution is -0.139. The Labute approximate surface area is 131 Å². The van der Waals surface area contributed by atoms with Gasteiger partial charge in [0.05, 0.1) is 18.1 Å². The Balaban J connectivity index is 1.79. The third-order valence-corrected chi connectivity index (χ3v) is 4.74. The Bertz CT molecular complexity index is 672. The van der Waals surface area contributed by atoms with Crippen molar-refractivity contribution in [1.82, 2.24) is 5.32 Å². The van der Waals surface area contributed by atoms with Crippen molar-refractivity contribution in [2.75, 3.05) is 6.61 Å². The lowest BCUT2D eigenvalue weighted by Crippen LogP contribution is -2.33. The number of thiophene rings is 1. The second-order valence-corrected chi connectivity index (χ2v) is 6.15. The SMILES string of the molecule is O=C(NC(C(=O)O)c1ccccc1)c1cc2c(s1)CCOC2. The van der Waals surface area contributed by atoms with Crippen molar-refractivity contribution < 1.29 is 19.4 Å². The van der Waals surface area contributed by atoms with Crippen LogP contribution in [-0.4, -0.2) is 23.6 Å². The number of carboxylic acid groups (broad SMARTS) is 1. The molecule has 1 amide bonds. The van der Waals surface area contributed by atoms with Gasteiger partial charge >= 0.3 is 5.97 Å². The van der Waals surface area contributed by atoms with Crippen LogP contribution in [0.25, 0.3) is 0 Å². The van der Waals surface area contributed by atoms with Crippen LogP contribution in [-0.2, 0) is 22.6 Å². The maximum atomic E-state index is 12.3. The molecule has 2 aromatic rings. The molecule has 1 aromatic heterocycles. The van der Waals surface area contributed by atoms with Crippen LogP contribution in [0.3, 0.4) is 0 Å². The summed E-state index contributed by atoms with van der Waals surface area (Å²) in [4.78, 5) is 25.4. The zero-order valence-corrected chi connectivity index (χ0v) is 12.6. The first-order valence-corrected chi connectivity index (χ1v) is 7.75. The van der Waals surface area contributed by atoms with E-state index in [-0.39, 0.29) is 5.91 Å². The van der Waals surface area contributed by atoms with Crippen molar-refractivity contribution in [3.8, 4) is 0 Å². The van der Waals surface area contributed by atoms with Gasteiger partial charge in [0.15, 0.2) is 6.04 Å². The van der Waals surface area contributed by atoms with Gasteiger partial charge in [0.1, 0.15) is 0 Å². The van der Waals surface area contributed by atoms with Crippen molar-refractivity contribution in [2.45, 2.75) is 19.1 Å². The number of nitrogens with one attached hydrogen (secondary N) is 1. The maximum absolute atomic E-state index is 12.3. The molecular weight excluding hydrogens is 302 g/mol. The minimum atomic E-state index is -1.08. The first-order chi connectivity index (χ1) is 10.6. The van der Waals surface area contributed by atoms with E-state index < -0.39 is 12.0 Å². The minimum Gasteiger partial charge on any atom is -0.479 e. The third-order valence-electron chi connectivity index (χ3n) is 3.51. The molecule has 6 heteroatoms. The molecule has 0 spiro atoms. The summed E-state index contributed by atoms with van der Waals surface area (Å²) in [5, 5.41) is 11.9. The van der Waals surface area contributed by atoms with E-state index >= 15 is 0 Å². The number of carboxylic acids is 1. The van der Waals surface area contributed by atoms with Crippen LogP contribution in [0, 0.1) is 0 Å². The standard InChI is InChI=1S/C16H15NO4S/c18-15(13-8-11-9-21-7-6-12(11)22-13)17-14(16(19)20)10-4-2-1-3-5-10/h1-5,8,14H,6-7,9H2,(H,17,18)(H,19,20). The van der Waals surface area contributed by atoms with Gasteiger partial charge in [-0.25, -0.2) is 4.79 Å². The van der Waals surface area contributed by atoms with Crippen molar-refractivity contribution in [3.05, 3.63) is 57.3 Å². The van der Waals surface area contributed by atoms with E-state index in [9.17, 15) is 14.7 Å². The quantitative estimate of drug-likeness (QED) is 0.908. The summed E-state index contributed by atoms with van der Waals surface area (Å²) in [6.07, 6.45) is 0.800. The van der Waals surface area contributed by atoms with E-state index in [0.717, 1.165) is 16.9 Å². The molecule has 3 rings (SSSR count). The molecule has 1 atom stereocenters. The summed E-state index contributed by atoms with van der Waals surface area (Å²) in [5.41, 5.74) is 1.57. The second-order valence-electron chi connectivity index (χ2n) is 5.02. The average Bonchev–Trinajstić information content (AvgIpc) is 2.97. The molecule has 0 saturated carbocycles. The molecule has 5 nitrogen and oxygen atoms in total. The van der Waals surface area contributed by atoms with Gasteiger partial charge in [0.25, 0.3) is 5.91 Å². The van der Waals surface area contributed by atoms with Crippen LogP contribution >= 0.6 is 11.3 Å². The van der Waals surface area contributed by atoms with Crippen molar-refractivity contribution in [1.29, 1.82) is 0 Å². The van der Waals surface area contributed by atoms with E-state index in [1.807, 2.05) is 0 Å². The van der Waals surface area contributed by atoms with Gasteiger partial charge in [0.2, 0.25) is 0 Å². The molecule has 1 aliphatic heterocycles. The molecule has 114 valence electrons. The van der Waals surface area contributed by atoms with Crippen molar-refractivity contribution in [2.24, 2.45) is 0 Å². The van der Waals surface area contributed by atoms with Gasteiger partial charge < -0.3 is 15.2 Å². The molecular formula is C16H15NO4S. The van der Waals surface area contributed by atoms with Crippen LogP contribution in [0.2, 0.25) is 0 Å². The molecule has 22 heavy (non-hydrogen) atoms. The summed E-state index contributed by atoms with van der Waals surface area (Å²) in [7, 11) is 0. The Morgan fingerprint density at radius 3 is 2.73 bits per heavy atom. The summed E-state index contributed by atoms with van der Waals surface area (Å²) in [5.74, 6) is -1.44. The van der Waals surface area contributed by atoms with Gasteiger partial charge in [0, 0.05) is 11.3 Å². The number of hydrogen-bond acceptors (Lipinski definition) is 4. The minimum absolute atomic E-state index is 0.365. The number of amides is 1. The van der Waals surface area contributed by atoms with Gasteiger partial charge in [-0.15, -0.1) is 11.3 Å². The molecule has 1 aromatic carbocycles. The number of carbonyl (C=O) groups excluding carboxylic acids is 1. The molecule has 2 heterocycles. The molecule has 0 fully saturated rings. The smallest absolute Gasteiger partial charge is 0.330 e. The summed E-state index contributed by atoms with van der Waals surface area (Å²) < 4.78 is 5.36. The molecule has 0 aliphatic carbocycles. The largest absolute Gasteiger partial charge is 0.479 e. The number of fused-ring (bicyclic) bond motifs is 1. The molecule has 0 saturated heterocycles. The monoisotopic (exact) mass is 317 g/mol. The maximum Gasteiger partial charge on any atom is 0.330 e. The molecule has 1 aliphatic rings. The van der Waals surface area contributed by atoms with Crippen LogP contribution < -0.4 is 5.32 Å².